The predicted molar refractivity (Wildman–Crippen MR) is 113 cm³/mol. The first-order valence-electron chi connectivity index (χ1n) is 10.0. The van der Waals surface area contributed by atoms with Crippen molar-refractivity contribution in [1.82, 2.24) is 20.4 Å². The van der Waals surface area contributed by atoms with E-state index in [1.807, 2.05) is 53.3 Å². The third-order valence-electron chi connectivity index (χ3n) is 5.23. The van der Waals surface area contributed by atoms with E-state index in [0.29, 0.717) is 17.8 Å². The van der Waals surface area contributed by atoms with Crippen LogP contribution in [0.5, 0.6) is 5.75 Å². The molecular formula is C23H26N4O2. The van der Waals surface area contributed by atoms with Gasteiger partial charge in [-0.05, 0) is 55.8 Å². The Bertz CT molecular complexity index is 945. The molecule has 2 aromatic carbocycles. The topological polar surface area (TPSA) is 68.2 Å². The van der Waals surface area contributed by atoms with Crippen LogP contribution < -0.4 is 15.4 Å². The summed E-state index contributed by atoms with van der Waals surface area (Å²) in [6.07, 6.45) is 3.74. The molecule has 150 valence electrons. The Labute approximate surface area is 170 Å². The number of nitrogens with zero attached hydrogens (tertiary/aromatic N) is 2. The highest BCUT2D eigenvalue weighted by atomic mass is 16.5. The second kappa shape index (κ2) is 8.92. The van der Waals surface area contributed by atoms with E-state index in [1.54, 1.807) is 7.11 Å². The van der Waals surface area contributed by atoms with Crippen LogP contribution in [0.3, 0.4) is 0 Å². The van der Waals surface area contributed by atoms with E-state index in [4.69, 9.17) is 9.84 Å². The van der Waals surface area contributed by atoms with Crippen LogP contribution >= 0.6 is 0 Å². The summed E-state index contributed by atoms with van der Waals surface area (Å²) in [6.45, 7) is 2.48. The summed E-state index contributed by atoms with van der Waals surface area (Å²) in [4.78, 5) is 13.1. The molecule has 0 unspecified atom stereocenters. The summed E-state index contributed by atoms with van der Waals surface area (Å²) in [5.74, 6) is 0.709. The minimum Gasteiger partial charge on any atom is -0.497 e. The summed E-state index contributed by atoms with van der Waals surface area (Å²) in [5, 5.41) is 11.3. The average molecular weight is 390 g/mol. The largest absolute Gasteiger partial charge is 0.497 e. The number of hydrogen-bond donors (Lipinski definition) is 2. The number of hydrogen-bond acceptors (Lipinski definition) is 4. The zero-order chi connectivity index (χ0) is 20.1. The number of nitrogens with one attached hydrogen (secondary N) is 2. The van der Waals surface area contributed by atoms with Gasteiger partial charge in [0.25, 0.3) is 5.91 Å². The van der Waals surface area contributed by atoms with E-state index < -0.39 is 0 Å². The second-order valence-corrected chi connectivity index (χ2v) is 7.30. The van der Waals surface area contributed by atoms with Crippen molar-refractivity contribution < 1.29 is 9.53 Å². The highest BCUT2D eigenvalue weighted by Gasteiger charge is 2.22. The van der Waals surface area contributed by atoms with E-state index in [-0.39, 0.29) is 11.9 Å². The highest BCUT2D eigenvalue weighted by molar-refractivity contribution is 6.00. The van der Waals surface area contributed by atoms with Gasteiger partial charge in [-0.15, -0.1) is 0 Å². The minimum atomic E-state index is -0.0676. The summed E-state index contributed by atoms with van der Waals surface area (Å²) in [7, 11) is 1.64. The molecule has 6 heteroatoms. The van der Waals surface area contributed by atoms with Crippen molar-refractivity contribution in [3.63, 3.8) is 0 Å². The molecule has 2 N–H and O–H groups in total. The van der Waals surface area contributed by atoms with Crippen LogP contribution in [-0.2, 0) is 6.54 Å². The molecule has 1 fully saturated rings. The highest BCUT2D eigenvalue weighted by Crippen LogP contribution is 2.25. The van der Waals surface area contributed by atoms with Gasteiger partial charge in [0.15, 0.2) is 0 Å². The van der Waals surface area contributed by atoms with Crippen molar-refractivity contribution in [3.8, 4) is 17.0 Å². The summed E-state index contributed by atoms with van der Waals surface area (Å²) < 4.78 is 7.10. The number of piperidine rings is 1. The third kappa shape index (κ3) is 4.66. The first kappa shape index (κ1) is 19.2. The van der Waals surface area contributed by atoms with Crippen molar-refractivity contribution in [3.05, 3.63) is 71.9 Å². The molecule has 0 spiro atoms. The van der Waals surface area contributed by atoms with Crippen molar-refractivity contribution in [2.24, 2.45) is 0 Å². The first-order chi connectivity index (χ1) is 14.2. The van der Waals surface area contributed by atoms with Gasteiger partial charge in [-0.2, -0.15) is 5.10 Å². The zero-order valence-corrected chi connectivity index (χ0v) is 16.6. The number of rotatable bonds is 6. The molecule has 0 saturated carbocycles. The molecule has 4 rings (SSSR count). The second-order valence-electron chi connectivity index (χ2n) is 7.30. The lowest BCUT2D eigenvalue weighted by Crippen LogP contribution is -2.42. The van der Waals surface area contributed by atoms with Crippen molar-refractivity contribution in [1.29, 1.82) is 0 Å². The van der Waals surface area contributed by atoms with Gasteiger partial charge in [-0.1, -0.05) is 30.3 Å². The van der Waals surface area contributed by atoms with E-state index in [0.717, 1.165) is 42.8 Å². The standard InChI is InChI=1S/C23H26N4O2/c1-29-20-9-7-18(8-10-20)22-21(23(28)25-19-11-13-24-14-12-19)16-27(26-22)15-17-5-3-2-4-6-17/h2-10,16,19,24H,11-15H2,1H3,(H,25,28). The Kier molecular flexibility index (Phi) is 5.91. The summed E-state index contributed by atoms with van der Waals surface area (Å²) in [5.41, 5.74) is 3.33. The number of aromatic nitrogens is 2. The molecule has 1 aliphatic heterocycles. The van der Waals surface area contributed by atoms with Gasteiger partial charge >= 0.3 is 0 Å². The number of carbonyl (C=O) groups is 1. The maximum atomic E-state index is 13.1. The van der Waals surface area contributed by atoms with E-state index in [2.05, 4.69) is 22.8 Å². The number of carbonyl (C=O) groups excluding carboxylic acids is 1. The Morgan fingerprint density at radius 3 is 2.55 bits per heavy atom. The van der Waals surface area contributed by atoms with Gasteiger partial charge in [-0.3, -0.25) is 9.48 Å². The van der Waals surface area contributed by atoms with Gasteiger partial charge in [0.2, 0.25) is 0 Å². The molecule has 1 aromatic heterocycles. The molecule has 29 heavy (non-hydrogen) atoms. The fourth-order valence-electron chi connectivity index (χ4n) is 3.63. The predicted octanol–water partition coefficient (Wildman–Crippen LogP) is 3.09. The Balaban J connectivity index is 1.63. The molecule has 0 atom stereocenters. The van der Waals surface area contributed by atoms with Gasteiger partial charge < -0.3 is 15.4 Å². The smallest absolute Gasteiger partial charge is 0.255 e. The fourth-order valence-corrected chi connectivity index (χ4v) is 3.63. The Morgan fingerprint density at radius 2 is 1.86 bits per heavy atom. The first-order valence-corrected chi connectivity index (χ1v) is 10.0. The molecule has 1 amide bonds. The molecule has 6 nitrogen and oxygen atoms in total. The van der Waals surface area contributed by atoms with Gasteiger partial charge in [-0.25, -0.2) is 0 Å². The molecule has 1 saturated heterocycles. The molecule has 2 heterocycles. The molecule has 0 bridgehead atoms. The van der Waals surface area contributed by atoms with Crippen LogP contribution in [0.2, 0.25) is 0 Å². The molecular weight excluding hydrogens is 364 g/mol. The molecule has 0 radical (unpaired) electrons. The van der Waals surface area contributed by atoms with E-state index >= 15 is 0 Å². The maximum absolute atomic E-state index is 13.1. The number of methoxy groups -OCH3 is 1. The summed E-state index contributed by atoms with van der Waals surface area (Å²) in [6, 6.07) is 18.0. The Morgan fingerprint density at radius 1 is 1.14 bits per heavy atom. The van der Waals surface area contributed by atoms with Crippen molar-refractivity contribution in [2.75, 3.05) is 20.2 Å². The molecule has 1 aliphatic rings. The lowest BCUT2D eigenvalue weighted by atomic mass is 10.0. The molecule has 3 aromatic rings. The van der Waals surface area contributed by atoms with Crippen LogP contribution in [-0.4, -0.2) is 41.9 Å². The number of amides is 1. The van der Waals surface area contributed by atoms with Crippen LogP contribution in [0.15, 0.2) is 60.8 Å². The zero-order valence-electron chi connectivity index (χ0n) is 16.6. The lowest BCUT2D eigenvalue weighted by Gasteiger charge is -2.23. The SMILES string of the molecule is COc1ccc(-c2nn(Cc3ccccc3)cc2C(=O)NC2CCNCC2)cc1. The van der Waals surface area contributed by atoms with Crippen LogP contribution in [0.25, 0.3) is 11.3 Å². The van der Waals surface area contributed by atoms with E-state index in [9.17, 15) is 4.79 Å². The lowest BCUT2D eigenvalue weighted by molar-refractivity contribution is 0.0930. The number of ether oxygens (including phenoxy) is 1. The van der Waals surface area contributed by atoms with Gasteiger partial charge in [0.1, 0.15) is 11.4 Å². The monoisotopic (exact) mass is 390 g/mol. The summed E-state index contributed by atoms with van der Waals surface area (Å²) >= 11 is 0. The fraction of sp³-hybridized carbons (Fsp3) is 0.304. The van der Waals surface area contributed by atoms with Gasteiger partial charge in [0.05, 0.1) is 19.2 Å². The van der Waals surface area contributed by atoms with Crippen molar-refractivity contribution >= 4 is 5.91 Å². The van der Waals surface area contributed by atoms with Gasteiger partial charge in [0, 0.05) is 17.8 Å². The Hall–Kier alpha value is -3.12. The normalized spacial score (nSPS) is 14.5. The van der Waals surface area contributed by atoms with Crippen molar-refractivity contribution in [2.45, 2.75) is 25.4 Å². The average Bonchev–Trinajstić information content (AvgIpc) is 3.19. The third-order valence-corrected chi connectivity index (χ3v) is 5.23. The van der Waals surface area contributed by atoms with Crippen LogP contribution in [0, 0.1) is 0 Å². The quantitative estimate of drug-likeness (QED) is 0.679. The maximum Gasteiger partial charge on any atom is 0.255 e. The number of benzene rings is 2. The van der Waals surface area contributed by atoms with Crippen LogP contribution in [0.1, 0.15) is 28.8 Å². The molecule has 0 aliphatic carbocycles. The minimum absolute atomic E-state index is 0.0676. The van der Waals surface area contributed by atoms with E-state index in [1.165, 1.54) is 0 Å². The van der Waals surface area contributed by atoms with Crippen LogP contribution in [0.4, 0.5) is 0 Å².